The average molecular weight is 721 g/mol. The van der Waals surface area contributed by atoms with Crippen LogP contribution in [0.1, 0.15) is 0 Å². The fraction of sp³-hybridized carbons (Fsp3) is 0. The standard InChI is InChI=1S/C40H12F4N4O2S2/c41-33-21-9-23-25(11-27(21)51-35(33)43)47-37(45-23)17-5-1-13-14-2-6-18-32-20(8-4-16(30(14)32)15-3-7-19(39(47)49)31(17)29(13)15)40(50)48-26-12-28-22(34(42)36(44)52-28)10-24(26)46-38(18)48/h1-12H. The van der Waals surface area contributed by atoms with E-state index < -0.39 is 21.9 Å². The van der Waals surface area contributed by atoms with Crippen LogP contribution in [0, 0.1) is 21.9 Å². The minimum absolute atomic E-state index is 0.127. The van der Waals surface area contributed by atoms with Gasteiger partial charge in [0.1, 0.15) is 11.3 Å². The van der Waals surface area contributed by atoms with Crippen LogP contribution in [0.2, 0.25) is 0 Å². The third-order valence-electron chi connectivity index (χ3n) is 11.0. The maximum absolute atomic E-state index is 14.6. The Balaban J connectivity index is 1.18. The van der Waals surface area contributed by atoms with Crippen molar-refractivity contribution < 1.29 is 17.6 Å². The summed E-state index contributed by atoms with van der Waals surface area (Å²) in [5, 5.41) is 7.76. The summed E-state index contributed by atoms with van der Waals surface area (Å²) in [5.74, 6) is -1.85. The fourth-order valence-corrected chi connectivity index (χ4v) is 10.5. The van der Waals surface area contributed by atoms with Gasteiger partial charge in [-0.25, -0.2) is 18.7 Å². The Hall–Kier alpha value is -6.24. The van der Waals surface area contributed by atoms with Crippen molar-refractivity contribution in [1.29, 1.82) is 0 Å². The van der Waals surface area contributed by atoms with E-state index in [1.807, 2.05) is 48.5 Å². The molecule has 0 atom stereocenters. The molecule has 6 nitrogen and oxygen atoms in total. The lowest BCUT2D eigenvalue weighted by Gasteiger charge is -2.18. The highest BCUT2D eigenvalue weighted by atomic mass is 32.1. The second-order valence-corrected chi connectivity index (χ2v) is 15.4. The third kappa shape index (κ3) is 2.91. The van der Waals surface area contributed by atoms with Gasteiger partial charge >= 0.3 is 0 Å². The first-order chi connectivity index (χ1) is 25.3. The molecule has 12 heteroatoms. The van der Waals surface area contributed by atoms with Crippen molar-refractivity contribution in [3.8, 4) is 0 Å². The summed E-state index contributed by atoms with van der Waals surface area (Å²) < 4.78 is 61.2. The average Bonchev–Trinajstić information content (AvgIpc) is 3.87. The number of hydrogen-bond acceptors (Lipinski definition) is 6. The molecule has 52 heavy (non-hydrogen) atoms. The number of thiophene rings is 2. The van der Waals surface area contributed by atoms with Gasteiger partial charge in [0.05, 0.1) is 22.1 Å². The molecule has 0 unspecified atom stereocenters. The fourth-order valence-electron chi connectivity index (χ4n) is 8.85. The number of halogens is 4. The molecule has 0 N–H and O–H groups in total. The van der Waals surface area contributed by atoms with Crippen LogP contribution >= 0.6 is 22.7 Å². The van der Waals surface area contributed by atoms with Crippen molar-refractivity contribution in [1.82, 2.24) is 18.8 Å². The number of imidazole rings is 2. The van der Waals surface area contributed by atoms with Gasteiger partial charge in [-0.05, 0) is 80.8 Å². The van der Waals surface area contributed by atoms with E-state index in [2.05, 4.69) is 0 Å². The Morgan fingerprint density at radius 2 is 0.788 bits per heavy atom. The zero-order valence-electron chi connectivity index (χ0n) is 25.9. The Kier molecular flexibility index (Phi) is 4.55. The molecule has 0 saturated carbocycles. The van der Waals surface area contributed by atoms with E-state index in [4.69, 9.17) is 9.97 Å². The molecule has 0 amide bonds. The van der Waals surface area contributed by atoms with E-state index in [9.17, 15) is 27.2 Å². The molecule has 0 bridgehead atoms. The van der Waals surface area contributed by atoms with Gasteiger partial charge in [0.2, 0.25) is 10.3 Å². The van der Waals surface area contributed by atoms with Gasteiger partial charge in [0.25, 0.3) is 11.1 Å². The van der Waals surface area contributed by atoms with Crippen LogP contribution in [0.25, 0.3) is 118 Å². The van der Waals surface area contributed by atoms with E-state index in [-0.39, 0.29) is 21.9 Å². The van der Waals surface area contributed by atoms with Crippen LogP contribution in [-0.2, 0) is 0 Å². The van der Waals surface area contributed by atoms with E-state index >= 15 is 0 Å². The van der Waals surface area contributed by atoms with Crippen LogP contribution in [0.15, 0.2) is 82.4 Å². The zero-order valence-corrected chi connectivity index (χ0v) is 27.5. The minimum atomic E-state index is -0.925. The number of benzene rings is 7. The quantitative estimate of drug-likeness (QED) is 0.0889. The smallest absolute Gasteiger partial charge is 0.264 e. The number of rotatable bonds is 0. The topological polar surface area (TPSA) is 68.7 Å². The molecule has 244 valence electrons. The Labute approximate surface area is 291 Å². The molecular formula is C40H12F4N4O2S2. The van der Waals surface area contributed by atoms with Crippen LogP contribution in [0.5, 0.6) is 0 Å². The summed E-state index contributed by atoms with van der Waals surface area (Å²) in [6.45, 7) is 0. The molecule has 13 aromatic rings. The van der Waals surface area contributed by atoms with Gasteiger partial charge < -0.3 is 0 Å². The first-order valence-corrected chi connectivity index (χ1v) is 17.8. The number of aromatic nitrogens is 4. The molecule has 13 rings (SSSR count). The van der Waals surface area contributed by atoms with Crippen molar-refractivity contribution in [2.75, 3.05) is 0 Å². The second-order valence-electron chi connectivity index (χ2n) is 13.3. The molecule has 7 aromatic carbocycles. The van der Waals surface area contributed by atoms with E-state index in [1.54, 1.807) is 12.1 Å². The molecular weight excluding hydrogens is 709 g/mol. The van der Waals surface area contributed by atoms with Crippen molar-refractivity contribution in [3.63, 3.8) is 0 Å². The Morgan fingerprint density at radius 1 is 0.442 bits per heavy atom. The van der Waals surface area contributed by atoms with Crippen molar-refractivity contribution in [3.05, 3.63) is 115 Å². The monoisotopic (exact) mass is 720 g/mol. The van der Waals surface area contributed by atoms with E-state index in [0.29, 0.717) is 76.2 Å². The van der Waals surface area contributed by atoms with Gasteiger partial charge in [0, 0.05) is 52.5 Å². The summed E-state index contributed by atoms with van der Waals surface area (Å²) in [7, 11) is 0. The summed E-state index contributed by atoms with van der Waals surface area (Å²) in [6.07, 6.45) is 0. The highest BCUT2D eigenvalue weighted by Gasteiger charge is 2.25. The highest BCUT2D eigenvalue weighted by molar-refractivity contribution is 7.18. The minimum Gasteiger partial charge on any atom is -0.268 e. The Bertz CT molecular complexity index is 3700. The summed E-state index contributed by atoms with van der Waals surface area (Å²) in [5.41, 5.74) is 2.03. The van der Waals surface area contributed by atoms with Crippen molar-refractivity contribution in [2.45, 2.75) is 0 Å². The highest BCUT2D eigenvalue weighted by Crippen LogP contribution is 2.46. The normalized spacial score (nSPS) is 13.2. The molecule has 6 heterocycles. The number of hydrogen-bond donors (Lipinski definition) is 0. The van der Waals surface area contributed by atoms with Crippen molar-refractivity contribution >= 4 is 141 Å². The molecule has 6 aromatic heterocycles. The first-order valence-electron chi connectivity index (χ1n) is 16.2. The molecule has 0 radical (unpaired) electrons. The molecule has 0 aliphatic rings. The lowest BCUT2D eigenvalue weighted by Crippen LogP contribution is -2.14. The van der Waals surface area contributed by atoms with Gasteiger partial charge in [-0.2, -0.15) is 8.78 Å². The predicted molar refractivity (Wildman–Crippen MR) is 201 cm³/mol. The van der Waals surface area contributed by atoms with Gasteiger partial charge in [-0.15, -0.1) is 22.7 Å². The van der Waals surface area contributed by atoms with E-state index in [0.717, 1.165) is 53.9 Å². The summed E-state index contributed by atoms with van der Waals surface area (Å²) in [4.78, 5) is 38.2. The van der Waals surface area contributed by atoms with Crippen molar-refractivity contribution in [2.24, 2.45) is 0 Å². The third-order valence-corrected chi connectivity index (χ3v) is 12.8. The lowest BCUT2D eigenvalue weighted by atomic mass is 9.86. The molecule has 0 saturated heterocycles. The van der Waals surface area contributed by atoms with E-state index in [1.165, 1.54) is 20.9 Å². The van der Waals surface area contributed by atoms with Gasteiger partial charge in [-0.3, -0.25) is 18.4 Å². The number of pyridine rings is 2. The van der Waals surface area contributed by atoms with Crippen LogP contribution < -0.4 is 11.1 Å². The van der Waals surface area contributed by atoms with Crippen LogP contribution in [-0.4, -0.2) is 18.8 Å². The van der Waals surface area contributed by atoms with Crippen LogP contribution in [0.4, 0.5) is 17.6 Å². The number of fused-ring (bicyclic) bond motifs is 12. The lowest BCUT2D eigenvalue weighted by molar-refractivity contribution is 0.538. The Morgan fingerprint density at radius 3 is 1.19 bits per heavy atom. The SMILES string of the molecule is O=c1c2ccc3c4ccc5c(=O)n6c7cc8sc(F)c(F)c8cc7nc6c6ccc(c7ccc(c2c37)c2nc3cc7c(F)c(F)sc7cc3n12)c4c56. The molecule has 0 fully saturated rings. The summed E-state index contributed by atoms with van der Waals surface area (Å²) in [6, 6.07) is 21.6. The molecule has 0 aliphatic carbocycles. The van der Waals surface area contributed by atoms with Gasteiger partial charge in [-0.1, -0.05) is 24.3 Å². The van der Waals surface area contributed by atoms with Crippen LogP contribution in [0.3, 0.4) is 0 Å². The molecule has 0 aliphatic heterocycles. The maximum atomic E-state index is 14.6. The number of nitrogens with zero attached hydrogens (tertiary/aromatic N) is 4. The first kappa shape index (κ1) is 27.5. The zero-order chi connectivity index (χ0) is 34.6. The maximum Gasteiger partial charge on any atom is 0.264 e. The largest absolute Gasteiger partial charge is 0.268 e. The second kappa shape index (κ2) is 8.61. The summed E-state index contributed by atoms with van der Waals surface area (Å²) >= 11 is 1.39. The molecule has 0 spiro atoms. The van der Waals surface area contributed by atoms with Gasteiger partial charge in [0.15, 0.2) is 11.6 Å². The predicted octanol–water partition coefficient (Wildman–Crippen LogP) is 10.2.